The summed E-state index contributed by atoms with van der Waals surface area (Å²) in [5.41, 5.74) is -7.34. The van der Waals surface area contributed by atoms with Gasteiger partial charge in [-0.3, -0.25) is 4.79 Å². The van der Waals surface area contributed by atoms with Crippen LogP contribution in [0.4, 0.5) is 0 Å². The van der Waals surface area contributed by atoms with E-state index < -0.39 is 82.7 Å². The number of ketones is 1. The number of carbonyl (C=O) groups excluding carboxylic acids is 1. The molecule has 3 aliphatic carbocycles. The summed E-state index contributed by atoms with van der Waals surface area (Å²) in [6, 6.07) is 0. The van der Waals surface area contributed by atoms with Gasteiger partial charge in [-0.15, -0.1) is 0 Å². The minimum atomic E-state index is -2.37. The minimum Gasteiger partial charge on any atom is -0.393 e. The molecule has 4 aliphatic rings. The molecule has 3 saturated carbocycles. The van der Waals surface area contributed by atoms with Crippen LogP contribution in [-0.2, 0) is 9.53 Å². The van der Waals surface area contributed by atoms with Gasteiger partial charge in [-0.05, 0) is 36.7 Å². The van der Waals surface area contributed by atoms with Crippen LogP contribution in [0, 0.1) is 35.5 Å². The van der Waals surface area contributed by atoms with Gasteiger partial charge in [0.05, 0.1) is 18.3 Å². The van der Waals surface area contributed by atoms with Crippen molar-refractivity contribution in [2.24, 2.45) is 35.5 Å². The number of carbonyl (C=O) groups is 1. The van der Waals surface area contributed by atoms with E-state index in [0.717, 1.165) is 25.7 Å². The number of Topliss-reactive ketones (excluding diaryl/α,β-unsaturated/α-hetero) is 1. The fourth-order valence-corrected chi connectivity index (χ4v) is 8.86. The van der Waals surface area contributed by atoms with Crippen molar-refractivity contribution < 1.29 is 40.2 Å². The molecule has 8 nitrogen and oxygen atoms in total. The van der Waals surface area contributed by atoms with Gasteiger partial charge in [0.25, 0.3) is 0 Å². The van der Waals surface area contributed by atoms with Crippen LogP contribution in [0.25, 0.3) is 0 Å². The Hall–Kier alpha value is -0.870. The molecule has 0 radical (unpaired) electrons. The van der Waals surface area contributed by atoms with Crippen molar-refractivity contribution in [3.05, 3.63) is 12.2 Å². The molecule has 218 valence electrons. The number of hydrogen-bond acceptors (Lipinski definition) is 8. The van der Waals surface area contributed by atoms with Crippen molar-refractivity contribution in [1.82, 2.24) is 0 Å². The summed E-state index contributed by atoms with van der Waals surface area (Å²) < 4.78 is 5.82. The molecule has 1 saturated heterocycles. The van der Waals surface area contributed by atoms with E-state index in [2.05, 4.69) is 13.5 Å². The van der Waals surface area contributed by atoms with Gasteiger partial charge in [0.2, 0.25) is 0 Å². The summed E-state index contributed by atoms with van der Waals surface area (Å²) in [7, 11) is 0. The Balaban J connectivity index is 1.78. The van der Waals surface area contributed by atoms with Crippen LogP contribution in [0.2, 0.25) is 0 Å². The lowest BCUT2D eigenvalue weighted by atomic mass is 9.52. The van der Waals surface area contributed by atoms with E-state index in [0.29, 0.717) is 5.57 Å². The number of rotatable bonds is 10. The minimum absolute atomic E-state index is 0.0286. The predicted molar refractivity (Wildman–Crippen MR) is 142 cm³/mol. The number of epoxide rings is 1. The van der Waals surface area contributed by atoms with E-state index in [-0.39, 0.29) is 12.3 Å². The van der Waals surface area contributed by atoms with Crippen LogP contribution < -0.4 is 0 Å². The molecule has 13 atom stereocenters. The fraction of sp³-hybridized carbons (Fsp3) is 0.900. The molecule has 38 heavy (non-hydrogen) atoms. The first kappa shape index (κ1) is 30.1. The van der Waals surface area contributed by atoms with Crippen LogP contribution in [0.15, 0.2) is 12.2 Å². The third-order valence-corrected chi connectivity index (χ3v) is 11.1. The van der Waals surface area contributed by atoms with E-state index >= 15 is 0 Å². The summed E-state index contributed by atoms with van der Waals surface area (Å²) in [5, 5.41) is 70.0. The Morgan fingerprint density at radius 1 is 1.11 bits per heavy atom. The average molecular weight is 539 g/mol. The van der Waals surface area contributed by atoms with Crippen LogP contribution in [-0.4, -0.2) is 83.7 Å². The smallest absolute Gasteiger partial charge is 0.170 e. The molecule has 6 N–H and O–H groups in total. The molecule has 1 heterocycles. The third kappa shape index (κ3) is 3.92. The Morgan fingerprint density at radius 2 is 1.71 bits per heavy atom. The lowest BCUT2D eigenvalue weighted by Gasteiger charge is -2.58. The van der Waals surface area contributed by atoms with Crippen LogP contribution in [0.1, 0.15) is 86.0 Å². The van der Waals surface area contributed by atoms with Crippen molar-refractivity contribution >= 4 is 5.78 Å². The van der Waals surface area contributed by atoms with Crippen molar-refractivity contribution in [2.75, 3.05) is 6.61 Å². The average Bonchev–Trinajstić information content (AvgIpc) is 3.56. The first-order valence-electron chi connectivity index (χ1n) is 14.7. The van der Waals surface area contributed by atoms with Crippen LogP contribution in [0.5, 0.6) is 0 Å². The molecule has 0 amide bonds. The monoisotopic (exact) mass is 538 g/mol. The normalized spacial score (nSPS) is 50.6. The molecule has 0 aromatic rings. The van der Waals surface area contributed by atoms with Gasteiger partial charge in [0.15, 0.2) is 11.4 Å². The van der Waals surface area contributed by atoms with Gasteiger partial charge in [0, 0.05) is 17.8 Å². The molecule has 0 bridgehead atoms. The molecule has 0 spiro atoms. The number of unbranched alkanes of at least 4 members (excludes halogenated alkanes) is 5. The van der Waals surface area contributed by atoms with Gasteiger partial charge in [0.1, 0.15) is 23.4 Å². The highest BCUT2D eigenvalue weighted by Gasteiger charge is 2.85. The molecular weight excluding hydrogens is 488 g/mol. The molecule has 0 aromatic heterocycles. The predicted octanol–water partition coefficient (Wildman–Crippen LogP) is 2.11. The summed E-state index contributed by atoms with van der Waals surface area (Å²) in [6.07, 6.45) is 3.12. The number of aliphatic hydroxyl groups is 6. The molecule has 8 heteroatoms. The van der Waals surface area contributed by atoms with Crippen molar-refractivity contribution in [3.8, 4) is 0 Å². The topological polar surface area (TPSA) is 151 Å². The molecule has 1 aliphatic heterocycles. The standard InChI is InChI=1S/C30H50O8/c1-7-8-9-10-11-12-13-17(4)20-19(6)23(32)30(37)22(20)29(36)18(5)14-27(35,16(2)3)24(33)21(29)25-28(15-31,38-25)26(30)34/h17-22,24-26,31,33-37H,2,7-15H2,1,3-6H3/t17-,18-,19+,20?,21?,22?,24-,25?,26-,27-,28+,29-,30-/m1/s1. The van der Waals surface area contributed by atoms with Crippen molar-refractivity contribution in [1.29, 1.82) is 0 Å². The first-order chi connectivity index (χ1) is 17.7. The van der Waals surface area contributed by atoms with Gasteiger partial charge < -0.3 is 35.4 Å². The quantitative estimate of drug-likeness (QED) is 0.141. The van der Waals surface area contributed by atoms with E-state index in [4.69, 9.17) is 4.74 Å². The van der Waals surface area contributed by atoms with E-state index in [1.165, 1.54) is 19.3 Å². The second-order valence-corrected chi connectivity index (χ2v) is 13.3. The highest BCUT2D eigenvalue weighted by atomic mass is 16.6. The van der Waals surface area contributed by atoms with Crippen molar-refractivity contribution in [3.63, 3.8) is 0 Å². The zero-order chi connectivity index (χ0) is 28.4. The maximum atomic E-state index is 13.9. The van der Waals surface area contributed by atoms with Gasteiger partial charge in [-0.25, -0.2) is 0 Å². The zero-order valence-corrected chi connectivity index (χ0v) is 23.8. The number of hydrogen-bond donors (Lipinski definition) is 6. The summed E-state index contributed by atoms with van der Waals surface area (Å²) in [5.74, 6) is -4.68. The van der Waals surface area contributed by atoms with Crippen LogP contribution >= 0.6 is 0 Å². The maximum absolute atomic E-state index is 13.9. The third-order valence-electron chi connectivity index (χ3n) is 11.1. The van der Waals surface area contributed by atoms with E-state index in [1.54, 1.807) is 20.8 Å². The molecule has 0 aromatic carbocycles. The molecular formula is C30H50O8. The summed E-state index contributed by atoms with van der Waals surface area (Å²) in [4.78, 5) is 13.9. The second kappa shape index (κ2) is 10.2. The molecule has 4 fully saturated rings. The van der Waals surface area contributed by atoms with E-state index in [9.17, 15) is 35.4 Å². The largest absolute Gasteiger partial charge is 0.393 e. The first-order valence-corrected chi connectivity index (χ1v) is 14.7. The summed E-state index contributed by atoms with van der Waals surface area (Å²) in [6.45, 7) is 12.5. The zero-order valence-electron chi connectivity index (χ0n) is 23.8. The number of ether oxygens (including phenoxy) is 1. The van der Waals surface area contributed by atoms with Gasteiger partial charge in [-0.2, -0.15) is 0 Å². The second-order valence-electron chi connectivity index (χ2n) is 13.3. The van der Waals surface area contributed by atoms with E-state index in [1.807, 2.05) is 6.92 Å². The Kier molecular flexibility index (Phi) is 8.08. The van der Waals surface area contributed by atoms with Crippen molar-refractivity contribution in [2.45, 2.75) is 127 Å². The Bertz CT molecular complexity index is 924. The lowest BCUT2D eigenvalue weighted by Crippen LogP contribution is -2.71. The SMILES string of the molecule is C=C(C)[C@]1(O)C[C@@H](C)[C@@]2(O)C(C3O[C@]3(CO)[C@@H](O)[C@]3(O)C(=O)[C@@H](C)C([C@H](C)CCCCCCCC)C23)[C@H]1O. The highest BCUT2D eigenvalue weighted by molar-refractivity contribution is 5.93. The van der Waals surface area contributed by atoms with Gasteiger partial charge in [-0.1, -0.05) is 79.2 Å². The number of aliphatic hydroxyl groups excluding tert-OH is 3. The van der Waals surface area contributed by atoms with Crippen LogP contribution in [0.3, 0.4) is 0 Å². The summed E-state index contributed by atoms with van der Waals surface area (Å²) >= 11 is 0. The lowest BCUT2D eigenvalue weighted by molar-refractivity contribution is -0.263. The highest BCUT2D eigenvalue weighted by Crippen LogP contribution is 2.68. The molecule has 4 unspecified atom stereocenters. The molecule has 4 rings (SSSR count). The van der Waals surface area contributed by atoms with Gasteiger partial charge >= 0.3 is 0 Å². The Morgan fingerprint density at radius 3 is 2.29 bits per heavy atom. The number of fused-ring (bicyclic) bond motifs is 5. The fourth-order valence-electron chi connectivity index (χ4n) is 8.86. The Labute approximate surface area is 227 Å². The maximum Gasteiger partial charge on any atom is 0.170 e.